The largest absolute Gasteiger partial charge is 0.324 e. The molecule has 0 fully saturated rings. The van der Waals surface area contributed by atoms with Crippen molar-refractivity contribution in [3.05, 3.63) is 53.5 Å². The van der Waals surface area contributed by atoms with Crippen molar-refractivity contribution in [3.8, 4) is 5.82 Å². The Balaban J connectivity index is 1.76. The van der Waals surface area contributed by atoms with Gasteiger partial charge in [-0.15, -0.1) is 0 Å². The summed E-state index contributed by atoms with van der Waals surface area (Å²) in [6, 6.07) is 3.70. The molecule has 1 amide bonds. The Kier molecular flexibility index (Phi) is 4.39. The second-order valence-corrected chi connectivity index (χ2v) is 6.17. The molecule has 3 heterocycles. The number of imidazole rings is 1. The van der Waals surface area contributed by atoms with Gasteiger partial charge in [-0.1, -0.05) is 0 Å². The molecule has 0 aliphatic carbocycles. The molecule has 0 saturated heterocycles. The zero-order valence-electron chi connectivity index (χ0n) is 15.1. The average molecular weight is 338 g/mol. The first-order valence-corrected chi connectivity index (χ1v) is 8.15. The van der Waals surface area contributed by atoms with Gasteiger partial charge >= 0.3 is 0 Å². The lowest BCUT2D eigenvalue weighted by Crippen LogP contribution is -2.20. The highest BCUT2D eigenvalue weighted by Crippen LogP contribution is 2.24. The predicted octanol–water partition coefficient (Wildman–Crippen LogP) is 2.67. The summed E-state index contributed by atoms with van der Waals surface area (Å²) in [6.07, 6.45) is 5.24. The third kappa shape index (κ3) is 3.17. The van der Waals surface area contributed by atoms with Crippen LogP contribution in [0.3, 0.4) is 0 Å². The minimum atomic E-state index is -0.288. The van der Waals surface area contributed by atoms with Crippen molar-refractivity contribution in [2.75, 3.05) is 5.32 Å². The van der Waals surface area contributed by atoms with E-state index >= 15 is 0 Å². The molecular weight excluding hydrogens is 316 g/mol. The van der Waals surface area contributed by atoms with Gasteiger partial charge in [-0.3, -0.25) is 14.0 Å². The molecule has 3 aromatic heterocycles. The maximum absolute atomic E-state index is 12.6. The number of nitrogens with zero attached hydrogens (tertiary/aromatic N) is 5. The smallest absolute Gasteiger partial charge is 0.231 e. The second kappa shape index (κ2) is 6.51. The first-order valence-electron chi connectivity index (χ1n) is 8.15. The van der Waals surface area contributed by atoms with Crippen LogP contribution in [-0.4, -0.2) is 30.2 Å². The molecule has 7 nitrogen and oxygen atoms in total. The Morgan fingerprint density at radius 1 is 1.20 bits per heavy atom. The van der Waals surface area contributed by atoms with E-state index in [-0.39, 0.29) is 11.8 Å². The Bertz CT molecular complexity index is 906. The van der Waals surface area contributed by atoms with Crippen LogP contribution in [0.2, 0.25) is 0 Å². The van der Waals surface area contributed by atoms with Gasteiger partial charge in [0.2, 0.25) is 5.91 Å². The predicted molar refractivity (Wildman–Crippen MR) is 95.8 cm³/mol. The van der Waals surface area contributed by atoms with Gasteiger partial charge in [0.1, 0.15) is 11.6 Å². The number of aromatic nitrogens is 5. The summed E-state index contributed by atoms with van der Waals surface area (Å²) in [5.41, 5.74) is 3.52. The van der Waals surface area contributed by atoms with Gasteiger partial charge in [-0.25, -0.2) is 9.97 Å². The fraction of sp³-hybridized carbons (Fsp3) is 0.333. The highest BCUT2D eigenvalue weighted by molar-refractivity contribution is 5.95. The molecule has 0 unspecified atom stereocenters. The Morgan fingerprint density at radius 2 is 1.96 bits per heavy atom. The lowest BCUT2D eigenvalue weighted by Gasteiger charge is -2.13. The van der Waals surface area contributed by atoms with E-state index in [1.807, 2.05) is 57.6 Å². The van der Waals surface area contributed by atoms with Crippen LogP contribution in [0.5, 0.6) is 0 Å². The third-order valence-electron chi connectivity index (χ3n) is 4.48. The van der Waals surface area contributed by atoms with Crippen molar-refractivity contribution < 1.29 is 4.79 Å². The highest BCUT2D eigenvalue weighted by atomic mass is 16.1. The van der Waals surface area contributed by atoms with Gasteiger partial charge in [0.05, 0.1) is 23.5 Å². The normalized spacial score (nSPS) is 12.2. The van der Waals surface area contributed by atoms with Gasteiger partial charge in [0, 0.05) is 30.7 Å². The van der Waals surface area contributed by atoms with E-state index in [0.29, 0.717) is 5.69 Å². The maximum atomic E-state index is 12.6. The molecule has 0 spiro atoms. The molecule has 0 radical (unpaired) electrons. The van der Waals surface area contributed by atoms with Crippen molar-refractivity contribution in [1.82, 2.24) is 24.3 Å². The SMILES string of the molecule is Cc1nn(C)c(C)c1[C@H](C)C(=O)Nc1ccc(-n2ccnc2C)nc1. The average Bonchev–Trinajstić information content (AvgIpc) is 3.11. The van der Waals surface area contributed by atoms with Crippen LogP contribution in [0.4, 0.5) is 5.69 Å². The van der Waals surface area contributed by atoms with E-state index in [1.54, 1.807) is 17.1 Å². The fourth-order valence-electron chi connectivity index (χ4n) is 3.02. The molecule has 130 valence electrons. The number of amides is 1. The van der Waals surface area contributed by atoms with Crippen LogP contribution in [0.15, 0.2) is 30.7 Å². The second-order valence-electron chi connectivity index (χ2n) is 6.17. The maximum Gasteiger partial charge on any atom is 0.231 e. The highest BCUT2D eigenvalue weighted by Gasteiger charge is 2.22. The van der Waals surface area contributed by atoms with Crippen LogP contribution in [0.25, 0.3) is 5.82 Å². The summed E-state index contributed by atoms with van der Waals surface area (Å²) in [6.45, 7) is 7.71. The zero-order valence-corrected chi connectivity index (χ0v) is 15.1. The van der Waals surface area contributed by atoms with Crippen LogP contribution in [0.1, 0.15) is 35.6 Å². The standard InChI is InChI=1S/C18H22N6O/c1-11(17-12(2)22-23(5)13(17)3)18(25)21-15-6-7-16(20-10-15)24-9-8-19-14(24)4/h6-11H,1-5H3,(H,21,25)/t11-/m0/s1. The molecule has 0 aromatic carbocycles. The molecule has 0 saturated carbocycles. The summed E-state index contributed by atoms with van der Waals surface area (Å²) in [7, 11) is 1.89. The number of carbonyl (C=O) groups excluding carboxylic acids is 1. The van der Waals surface area contributed by atoms with Crippen LogP contribution in [-0.2, 0) is 11.8 Å². The van der Waals surface area contributed by atoms with Crippen LogP contribution in [0, 0.1) is 20.8 Å². The van der Waals surface area contributed by atoms with Gasteiger partial charge < -0.3 is 5.32 Å². The molecule has 25 heavy (non-hydrogen) atoms. The number of hydrogen-bond acceptors (Lipinski definition) is 4. The number of hydrogen-bond donors (Lipinski definition) is 1. The molecule has 1 atom stereocenters. The van der Waals surface area contributed by atoms with Crippen LogP contribution >= 0.6 is 0 Å². The van der Waals surface area contributed by atoms with Gasteiger partial charge in [-0.2, -0.15) is 5.10 Å². The third-order valence-corrected chi connectivity index (χ3v) is 4.48. The van der Waals surface area contributed by atoms with Crippen LogP contribution < -0.4 is 5.32 Å². The monoisotopic (exact) mass is 338 g/mol. The molecule has 3 aromatic rings. The lowest BCUT2D eigenvalue weighted by molar-refractivity contribution is -0.117. The summed E-state index contributed by atoms with van der Waals surface area (Å²) in [5.74, 6) is 1.26. The minimum Gasteiger partial charge on any atom is -0.324 e. The minimum absolute atomic E-state index is 0.0763. The molecule has 1 N–H and O–H groups in total. The summed E-state index contributed by atoms with van der Waals surface area (Å²) in [4.78, 5) is 21.2. The number of rotatable bonds is 4. The molecule has 3 rings (SSSR count). The first kappa shape index (κ1) is 16.9. The summed E-state index contributed by atoms with van der Waals surface area (Å²) >= 11 is 0. The quantitative estimate of drug-likeness (QED) is 0.793. The number of carbonyl (C=O) groups is 1. The van der Waals surface area contributed by atoms with Gasteiger partial charge in [0.15, 0.2) is 0 Å². The topological polar surface area (TPSA) is 77.6 Å². The summed E-state index contributed by atoms with van der Waals surface area (Å²) in [5, 5.41) is 7.31. The zero-order chi connectivity index (χ0) is 18.1. The Morgan fingerprint density at radius 3 is 2.48 bits per heavy atom. The molecule has 7 heteroatoms. The van der Waals surface area contributed by atoms with Crippen molar-refractivity contribution in [2.24, 2.45) is 7.05 Å². The number of pyridine rings is 1. The number of aryl methyl sites for hydroxylation is 3. The van der Waals surface area contributed by atoms with E-state index in [2.05, 4.69) is 20.4 Å². The van der Waals surface area contributed by atoms with Crippen molar-refractivity contribution in [1.29, 1.82) is 0 Å². The molecule has 0 aliphatic rings. The first-order chi connectivity index (χ1) is 11.9. The van der Waals surface area contributed by atoms with Crippen molar-refractivity contribution in [2.45, 2.75) is 33.6 Å². The van der Waals surface area contributed by atoms with Gasteiger partial charge in [0.25, 0.3) is 0 Å². The number of nitrogens with one attached hydrogen (secondary N) is 1. The Hall–Kier alpha value is -2.96. The molecular formula is C18H22N6O. The van der Waals surface area contributed by atoms with E-state index in [4.69, 9.17) is 0 Å². The van der Waals surface area contributed by atoms with E-state index in [0.717, 1.165) is 28.6 Å². The number of anilines is 1. The molecule has 0 bridgehead atoms. The van der Waals surface area contributed by atoms with Crippen molar-refractivity contribution in [3.63, 3.8) is 0 Å². The fourth-order valence-corrected chi connectivity index (χ4v) is 3.02. The van der Waals surface area contributed by atoms with Gasteiger partial charge in [-0.05, 0) is 39.8 Å². The lowest BCUT2D eigenvalue weighted by atomic mass is 9.98. The van der Waals surface area contributed by atoms with Crippen molar-refractivity contribution >= 4 is 11.6 Å². The summed E-state index contributed by atoms with van der Waals surface area (Å²) < 4.78 is 3.69. The van der Waals surface area contributed by atoms with E-state index in [9.17, 15) is 4.79 Å². The molecule has 0 aliphatic heterocycles. The van der Waals surface area contributed by atoms with E-state index < -0.39 is 0 Å². The Labute approximate surface area is 146 Å². The van der Waals surface area contributed by atoms with E-state index in [1.165, 1.54) is 0 Å².